The van der Waals surface area contributed by atoms with E-state index in [1.165, 1.54) is 0 Å². The lowest BCUT2D eigenvalue weighted by Crippen LogP contribution is -2.08. The van der Waals surface area contributed by atoms with E-state index >= 15 is 0 Å². The first-order chi connectivity index (χ1) is 7.27. The van der Waals surface area contributed by atoms with Crippen molar-refractivity contribution in [2.45, 2.75) is 13.1 Å². The molecule has 0 aliphatic rings. The fraction of sp³-hybridized carbons (Fsp3) is 0.333. The van der Waals surface area contributed by atoms with Crippen molar-refractivity contribution in [3.8, 4) is 5.75 Å². The van der Waals surface area contributed by atoms with Gasteiger partial charge in [0.25, 0.3) is 0 Å². The molecule has 1 aromatic rings. The van der Waals surface area contributed by atoms with E-state index in [1.54, 1.807) is 0 Å². The molecule has 0 amide bonds. The zero-order chi connectivity index (χ0) is 12.5. The minimum Gasteiger partial charge on any atom is -0.490 e. The Morgan fingerprint density at radius 2 is 1.94 bits per heavy atom. The number of hydrogen-bond acceptors (Lipinski definition) is 3. The van der Waals surface area contributed by atoms with E-state index in [9.17, 15) is 23.3 Å². The Morgan fingerprint density at radius 1 is 1.38 bits per heavy atom. The zero-order valence-corrected chi connectivity index (χ0v) is 8.46. The summed E-state index contributed by atoms with van der Waals surface area (Å²) >= 11 is 0. The van der Waals surface area contributed by atoms with Gasteiger partial charge in [0, 0.05) is 6.07 Å². The summed E-state index contributed by atoms with van der Waals surface area (Å²) in [6, 6.07) is 1.48. The van der Waals surface area contributed by atoms with Crippen LogP contribution in [-0.2, 0) is 6.18 Å². The van der Waals surface area contributed by atoms with E-state index in [0.29, 0.717) is 6.07 Å². The molecule has 0 atom stereocenters. The first-order valence-electron chi connectivity index (χ1n) is 4.17. The molecule has 1 aromatic carbocycles. The lowest BCUT2D eigenvalue weighted by Gasteiger charge is -2.11. The second-order valence-corrected chi connectivity index (χ2v) is 3.09. The number of aryl methyl sites for hydroxylation is 1. The zero-order valence-electron chi connectivity index (χ0n) is 8.46. The van der Waals surface area contributed by atoms with E-state index < -0.39 is 28.1 Å². The molecule has 0 aliphatic carbocycles. The van der Waals surface area contributed by atoms with Crippen molar-refractivity contribution in [2.24, 2.45) is 0 Å². The van der Waals surface area contributed by atoms with Crippen molar-refractivity contribution in [3.63, 3.8) is 0 Å². The fourth-order valence-electron chi connectivity index (χ4n) is 1.28. The predicted molar refractivity (Wildman–Crippen MR) is 49.4 cm³/mol. The Balaban J connectivity index is 3.43. The molecule has 7 heteroatoms. The number of ether oxygens (including phenoxy) is 1. The van der Waals surface area contributed by atoms with Crippen LogP contribution in [0.2, 0.25) is 0 Å². The van der Waals surface area contributed by atoms with Gasteiger partial charge >= 0.3 is 11.9 Å². The summed E-state index contributed by atoms with van der Waals surface area (Å²) in [5.41, 5.74) is -1.62. The molecular formula is C9H8F3NO3. The van der Waals surface area contributed by atoms with E-state index in [0.717, 1.165) is 20.1 Å². The topological polar surface area (TPSA) is 52.4 Å². The molecule has 0 radical (unpaired) electrons. The van der Waals surface area contributed by atoms with Gasteiger partial charge in [0.2, 0.25) is 0 Å². The third-order valence-corrected chi connectivity index (χ3v) is 2.03. The number of methoxy groups -OCH3 is 1. The molecule has 0 N–H and O–H groups in total. The highest BCUT2D eigenvalue weighted by atomic mass is 19.4. The third-order valence-electron chi connectivity index (χ3n) is 2.03. The first-order valence-corrected chi connectivity index (χ1v) is 4.17. The van der Waals surface area contributed by atoms with Gasteiger partial charge in [-0.25, -0.2) is 0 Å². The molecule has 0 aromatic heterocycles. The summed E-state index contributed by atoms with van der Waals surface area (Å²) in [6.07, 6.45) is -4.55. The Morgan fingerprint density at radius 3 is 2.31 bits per heavy atom. The highest BCUT2D eigenvalue weighted by Crippen LogP contribution is 2.38. The number of benzene rings is 1. The van der Waals surface area contributed by atoms with Crippen LogP contribution in [0.15, 0.2) is 12.1 Å². The first kappa shape index (κ1) is 12.3. The Kier molecular flexibility index (Phi) is 3.06. The number of nitro benzene ring substituents is 1. The molecule has 16 heavy (non-hydrogen) atoms. The molecule has 0 bridgehead atoms. The quantitative estimate of drug-likeness (QED) is 0.585. The Bertz CT molecular complexity index is 429. The summed E-state index contributed by atoms with van der Waals surface area (Å²) in [4.78, 5) is 9.75. The van der Waals surface area contributed by atoms with Gasteiger partial charge in [-0.1, -0.05) is 0 Å². The summed E-state index contributed by atoms with van der Waals surface area (Å²) in [7, 11) is 1.08. The van der Waals surface area contributed by atoms with Crippen LogP contribution >= 0.6 is 0 Å². The number of nitrogens with zero attached hydrogens (tertiary/aromatic N) is 1. The number of rotatable bonds is 2. The Hall–Kier alpha value is -1.79. The summed E-state index contributed by atoms with van der Waals surface area (Å²) < 4.78 is 42.0. The van der Waals surface area contributed by atoms with Crippen molar-refractivity contribution in [1.82, 2.24) is 0 Å². The maximum atomic E-state index is 12.5. The van der Waals surface area contributed by atoms with Crippen LogP contribution in [0.5, 0.6) is 5.75 Å². The number of hydrogen-bond donors (Lipinski definition) is 0. The smallest absolute Gasteiger partial charge is 0.416 e. The monoisotopic (exact) mass is 235 g/mol. The largest absolute Gasteiger partial charge is 0.490 e. The van der Waals surface area contributed by atoms with E-state index in [2.05, 4.69) is 4.74 Å². The normalized spacial score (nSPS) is 11.3. The standard InChI is InChI=1S/C9H8F3NO3/c1-5-3-7(13(14)15)8(16-2)4-6(5)9(10,11)12/h3-4H,1-2H3. The van der Waals surface area contributed by atoms with Gasteiger partial charge < -0.3 is 4.74 Å². The van der Waals surface area contributed by atoms with Crippen LogP contribution in [0.3, 0.4) is 0 Å². The summed E-state index contributed by atoms with van der Waals surface area (Å²) in [6.45, 7) is 1.16. The average Bonchev–Trinajstić information content (AvgIpc) is 2.15. The fourth-order valence-corrected chi connectivity index (χ4v) is 1.28. The van der Waals surface area contributed by atoms with E-state index in [-0.39, 0.29) is 5.56 Å². The van der Waals surface area contributed by atoms with Gasteiger partial charge in [-0.3, -0.25) is 10.1 Å². The maximum Gasteiger partial charge on any atom is 0.416 e. The second-order valence-electron chi connectivity index (χ2n) is 3.09. The van der Waals surface area contributed by atoms with E-state index in [4.69, 9.17) is 0 Å². The van der Waals surface area contributed by atoms with Crippen molar-refractivity contribution >= 4 is 5.69 Å². The van der Waals surface area contributed by atoms with Crippen molar-refractivity contribution in [1.29, 1.82) is 0 Å². The van der Waals surface area contributed by atoms with Gasteiger partial charge in [0.05, 0.1) is 17.6 Å². The molecule has 0 fully saturated rings. The third kappa shape index (κ3) is 2.23. The summed E-state index contributed by atoms with van der Waals surface area (Å²) in [5, 5.41) is 10.5. The van der Waals surface area contributed by atoms with Gasteiger partial charge in [0.15, 0.2) is 5.75 Å². The number of nitro groups is 1. The van der Waals surface area contributed by atoms with Gasteiger partial charge in [0.1, 0.15) is 0 Å². The van der Waals surface area contributed by atoms with Crippen LogP contribution in [0, 0.1) is 17.0 Å². The molecule has 0 heterocycles. The van der Waals surface area contributed by atoms with Crippen LogP contribution in [0.1, 0.15) is 11.1 Å². The van der Waals surface area contributed by atoms with Crippen LogP contribution in [-0.4, -0.2) is 12.0 Å². The lowest BCUT2D eigenvalue weighted by atomic mass is 10.1. The highest BCUT2D eigenvalue weighted by Gasteiger charge is 2.34. The molecule has 4 nitrogen and oxygen atoms in total. The van der Waals surface area contributed by atoms with Crippen molar-refractivity contribution in [2.75, 3.05) is 7.11 Å². The molecule has 0 aliphatic heterocycles. The van der Waals surface area contributed by atoms with Crippen LogP contribution in [0.25, 0.3) is 0 Å². The molecule has 0 saturated carbocycles. The number of alkyl halides is 3. The number of halogens is 3. The van der Waals surface area contributed by atoms with Crippen molar-refractivity contribution in [3.05, 3.63) is 33.4 Å². The van der Waals surface area contributed by atoms with E-state index in [1.807, 2.05) is 0 Å². The average molecular weight is 235 g/mol. The molecule has 0 saturated heterocycles. The van der Waals surface area contributed by atoms with Gasteiger partial charge in [-0.2, -0.15) is 13.2 Å². The summed E-state index contributed by atoms with van der Waals surface area (Å²) in [5.74, 6) is -0.400. The second kappa shape index (κ2) is 3.99. The molecule has 0 spiro atoms. The minimum atomic E-state index is -4.55. The molecular weight excluding hydrogens is 227 g/mol. The SMILES string of the molecule is COc1cc(C(F)(F)F)c(C)cc1[N+](=O)[O-]. The van der Waals surface area contributed by atoms with Crippen LogP contribution in [0.4, 0.5) is 18.9 Å². The molecule has 0 unspecified atom stereocenters. The van der Waals surface area contributed by atoms with Crippen LogP contribution < -0.4 is 4.74 Å². The molecule has 88 valence electrons. The maximum absolute atomic E-state index is 12.5. The minimum absolute atomic E-state index is 0.208. The van der Waals surface area contributed by atoms with Crippen molar-refractivity contribution < 1.29 is 22.8 Å². The highest BCUT2D eigenvalue weighted by molar-refractivity contribution is 5.52. The lowest BCUT2D eigenvalue weighted by molar-refractivity contribution is -0.385. The molecule has 1 rings (SSSR count). The van der Waals surface area contributed by atoms with Gasteiger partial charge in [-0.05, 0) is 18.6 Å². The van der Waals surface area contributed by atoms with Gasteiger partial charge in [-0.15, -0.1) is 0 Å². The predicted octanol–water partition coefficient (Wildman–Crippen LogP) is 2.93. The Labute approximate surface area is 88.8 Å².